The first-order valence-corrected chi connectivity index (χ1v) is 6.53. The van der Waals surface area contributed by atoms with E-state index in [9.17, 15) is 4.79 Å². The smallest absolute Gasteiger partial charge is 0.257 e. The third-order valence-corrected chi connectivity index (χ3v) is 3.63. The number of nitrogen functional groups attached to an aromatic ring is 1. The highest BCUT2D eigenvalue weighted by molar-refractivity contribution is 5.99. The summed E-state index contributed by atoms with van der Waals surface area (Å²) in [5, 5.41) is 0. The Morgan fingerprint density at radius 1 is 1.56 bits per heavy atom. The van der Waals surface area contributed by atoms with E-state index in [0.29, 0.717) is 23.2 Å². The van der Waals surface area contributed by atoms with Gasteiger partial charge in [0.25, 0.3) is 5.91 Å². The van der Waals surface area contributed by atoms with Crippen LogP contribution in [0.1, 0.15) is 42.7 Å². The maximum atomic E-state index is 12.5. The Labute approximate surface area is 108 Å². The van der Waals surface area contributed by atoms with Crippen molar-refractivity contribution in [2.75, 3.05) is 12.3 Å². The van der Waals surface area contributed by atoms with Crippen molar-refractivity contribution in [3.05, 3.63) is 23.5 Å². The third kappa shape index (κ3) is 2.33. The van der Waals surface area contributed by atoms with E-state index in [1.54, 1.807) is 12.3 Å². The van der Waals surface area contributed by atoms with Gasteiger partial charge in [-0.1, -0.05) is 13.8 Å². The lowest BCUT2D eigenvalue weighted by molar-refractivity contribution is 0.0702. The molecule has 1 aliphatic heterocycles. The van der Waals surface area contributed by atoms with E-state index in [4.69, 9.17) is 5.73 Å². The molecule has 2 N–H and O–H groups in total. The van der Waals surface area contributed by atoms with Gasteiger partial charge in [0, 0.05) is 30.2 Å². The molecule has 2 rings (SSSR count). The first-order chi connectivity index (χ1) is 8.50. The number of carbonyl (C=O) groups excluding carboxylic acids is 1. The molecule has 1 aliphatic rings. The molecule has 18 heavy (non-hydrogen) atoms. The van der Waals surface area contributed by atoms with Crippen LogP contribution in [0.25, 0.3) is 0 Å². The van der Waals surface area contributed by atoms with Gasteiger partial charge in [-0.25, -0.2) is 0 Å². The predicted molar refractivity (Wildman–Crippen MR) is 72.3 cm³/mol. The van der Waals surface area contributed by atoms with Gasteiger partial charge in [-0.15, -0.1) is 0 Å². The highest BCUT2D eigenvalue weighted by Gasteiger charge is 2.32. The van der Waals surface area contributed by atoms with Crippen molar-refractivity contribution in [3.8, 4) is 0 Å². The highest BCUT2D eigenvalue weighted by Crippen LogP contribution is 2.26. The summed E-state index contributed by atoms with van der Waals surface area (Å²) in [4.78, 5) is 18.6. The second-order valence-electron chi connectivity index (χ2n) is 5.37. The first-order valence-electron chi connectivity index (χ1n) is 6.53. The Morgan fingerprint density at radius 3 is 2.89 bits per heavy atom. The van der Waals surface area contributed by atoms with Gasteiger partial charge in [0.05, 0.1) is 5.56 Å². The van der Waals surface area contributed by atoms with E-state index in [1.807, 2.05) is 11.8 Å². The number of hydrogen-bond acceptors (Lipinski definition) is 3. The fourth-order valence-corrected chi connectivity index (χ4v) is 2.65. The Morgan fingerprint density at radius 2 is 2.28 bits per heavy atom. The van der Waals surface area contributed by atoms with Crippen LogP contribution in [-0.4, -0.2) is 28.4 Å². The number of hydrogen-bond donors (Lipinski definition) is 1. The fourth-order valence-electron chi connectivity index (χ4n) is 2.65. The number of pyridine rings is 1. The van der Waals surface area contributed by atoms with Crippen LogP contribution in [0.4, 0.5) is 5.69 Å². The van der Waals surface area contributed by atoms with Crippen molar-refractivity contribution < 1.29 is 4.79 Å². The summed E-state index contributed by atoms with van der Waals surface area (Å²) in [5.41, 5.74) is 7.83. The fraction of sp³-hybridized carbons (Fsp3) is 0.571. The molecule has 0 spiro atoms. The lowest BCUT2D eigenvalue weighted by Gasteiger charge is -2.28. The van der Waals surface area contributed by atoms with Crippen LogP contribution in [0.3, 0.4) is 0 Å². The van der Waals surface area contributed by atoms with Crippen molar-refractivity contribution in [2.45, 2.75) is 39.7 Å². The molecule has 0 saturated carbocycles. The molecule has 2 heterocycles. The van der Waals surface area contributed by atoms with Crippen LogP contribution < -0.4 is 5.73 Å². The van der Waals surface area contributed by atoms with Gasteiger partial charge >= 0.3 is 0 Å². The number of aryl methyl sites for hydroxylation is 1. The summed E-state index contributed by atoms with van der Waals surface area (Å²) in [7, 11) is 0. The van der Waals surface area contributed by atoms with Crippen molar-refractivity contribution in [1.82, 2.24) is 9.88 Å². The number of carbonyl (C=O) groups is 1. The minimum atomic E-state index is 0.0243. The van der Waals surface area contributed by atoms with E-state index >= 15 is 0 Å². The van der Waals surface area contributed by atoms with Gasteiger partial charge in [-0.05, 0) is 31.7 Å². The maximum absolute atomic E-state index is 12.5. The molecular weight excluding hydrogens is 226 g/mol. The molecule has 1 amide bonds. The number of nitrogens with two attached hydrogens (primary N) is 1. The molecule has 0 aliphatic carbocycles. The van der Waals surface area contributed by atoms with Gasteiger partial charge in [0.1, 0.15) is 0 Å². The van der Waals surface area contributed by atoms with E-state index in [0.717, 1.165) is 25.1 Å². The predicted octanol–water partition coefficient (Wildman–Crippen LogP) is 2.23. The molecule has 1 saturated heterocycles. The summed E-state index contributed by atoms with van der Waals surface area (Å²) in [6, 6.07) is 2.09. The summed E-state index contributed by atoms with van der Waals surface area (Å²) >= 11 is 0. The zero-order chi connectivity index (χ0) is 13.3. The molecule has 4 nitrogen and oxygen atoms in total. The van der Waals surface area contributed by atoms with Crippen molar-refractivity contribution in [2.24, 2.45) is 5.92 Å². The second-order valence-corrected chi connectivity index (χ2v) is 5.37. The average Bonchev–Trinajstić information content (AvgIpc) is 2.77. The molecule has 1 fully saturated rings. The summed E-state index contributed by atoms with van der Waals surface area (Å²) in [5.74, 6) is 0.507. The van der Waals surface area contributed by atoms with Gasteiger partial charge in [-0.2, -0.15) is 0 Å². The highest BCUT2D eigenvalue weighted by atomic mass is 16.2. The zero-order valence-corrected chi connectivity index (χ0v) is 11.3. The molecule has 98 valence electrons. The van der Waals surface area contributed by atoms with Crippen LogP contribution in [0.5, 0.6) is 0 Å². The Kier molecular flexibility index (Phi) is 3.55. The Bertz CT molecular complexity index is 456. The Balaban J connectivity index is 2.25. The van der Waals surface area contributed by atoms with Crippen molar-refractivity contribution in [1.29, 1.82) is 0 Å². The van der Waals surface area contributed by atoms with E-state index in [1.165, 1.54) is 0 Å². The lowest BCUT2D eigenvalue weighted by atomic mass is 10.0. The van der Waals surface area contributed by atoms with Crippen LogP contribution in [0.15, 0.2) is 12.3 Å². The van der Waals surface area contributed by atoms with Crippen LogP contribution >= 0.6 is 0 Å². The molecule has 1 atom stereocenters. The van der Waals surface area contributed by atoms with Crippen molar-refractivity contribution in [3.63, 3.8) is 0 Å². The number of nitrogens with zero attached hydrogens (tertiary/aromatic N) is 2. The standard InChI is InChI=1S/C14H21N3O/c1-9(2)13-5-4-6-17(13)14(18)11-8-16-10(3)7-12(11)15/h7-9,13H,4-6H2,1-3H3,(H2,15,16). The van der Waals surface area contributed by atoms with Gasteiger partial charge in [-0.3, -0.25) is 9.78 Å². The van der Waals surface area contributed by atoms with Crippen molar-refractivity contribution >= 4 is 11.6 Å². The minimum Gasteiger partial charge on any atom is -0.398 e. The zero-order valence-electron chi connectivity index (χ0n) is 11.3. The third-order valence-electron chi connectivity index (χ3n) is 3.63. The summed E-state index contributed by atoms with van der Waals surface area (Å²) in [6.07, 6.45) is 3.76. The monoisotopic (exact) mass is 247 g/mol. The van der Waals surface area contributed by atoms with E-state index in [-0.39, 0.29) is 5.91 Å². The number of anilines is 1. The molecule has 0 radical (unpaired) electrons. The topological polar surface area (TPSA) is 59.2 Å². The molecule has 1 aromatic rings. The van der Waals surface area contributed by atoms with Crippen LogP contribution in [0, 0.1) is 12.8 Å². The molecule has 1 aromatic heterocycles. The summed E-state index contributed by atoms with van der Waals surface area (Å²) < 4.78 is 0. The van der Waals surface area contributed by atoms with Crippen LogP contribution in [0.2, 0.25) is 0 Å². The number of amides is 1. The molecule has 1 unspecified atom stereocenters. The first kappa shape index (κ1) is 12.9. The molecular formula is C14H21N3O. The van der Waals surface area contributed by atoms with Crippen LogP contribution in [-0.2, 0) is 0 Å². The number of likely N-dealkylation sites (tertiary alicyclic amines) is 1. The lowest BCUT2D eigenvalue weighted by Crippen LogP contribution is -2.38. The molecule has 0 aromatic carbocycles. The summed E-state index contributed by atoms with van der Waals surface area (Å²) in [6.45, 7) is 7.02. The SMILES string of the molecule is Cc1cc(N)c(C(=O)N2CCCC2C(C)C)cn1. The van der Waals surface area contributed by atoms with Gasteiger partial charge < -0.3 is 10.6 Å². The maximum Gasteiger partial charge on any atom is 0.257 e. The average molecular weight is 247 g/mol. The quantitative estimate of drug-likeness (QED) is 0.871. The number of rotatable bonds is 2. The minimum absolute atomic E-state index is 0.0243. The van der Waals surface area contributed by atoms with Gasteiger partial charge in [0.15, 0.2) is 0 Å². The second kappa shape index (κ2) is 4.96. The molecule has 0 bridgehead atoms. The largest absolute Gasteiger partial charge is 0.398 e. The normalized spacial score (nSPS) is 19.6. The Hall–Kier alpha value is -1.58. The van der Waals surface area contributed by atoms with Gasteiger partial charge in [0.2, 0.25) is 0 Å². The molecule has 4 heteroatoms. The number of aromatic nitrogens is 1. The van der Waals surface area contributed by atoms with E-state index in [2.05, 4.69) is 18.8 Å². The van der Waals surface area contributed by atoms with E-state index < -0.39 is 0 Å².